The summed E-state index contributed by atoms with van der Waals surface area (Å²) in [7, 11) is 2.82. The second-order valence-corrected chi connectivity index (χ2v) is 4.33. The summed E-state index contributed by atoms with van der Waals surface area (Å²) in [6, 6.07) is 1.21. The molecule has 1 aromatic heterocycles. The first-order valence-corrected chi connectivity index (χ1v) is 5.84. The lowest BCUT2D eigenvalue weighted by Gasteiger charge is -2.19. The van der Waals surface area contributed by atoms with Gasteiger partial charge in [0.15, 0.2) is 0 Å². The summed E-state index contributed by atoms with van der Waals surface area (Å²) in [6.45, 7) is 1.72. The summed E-state index contributed by atoms with van der Waals surface area (Å²) in [4.78, 5) is 34.3. The first-order valence-electron chi connectivity index (χ1n) is 5.84. The topological polar surface area (TPSA) is 108 Å². The molecule has 1 aromatic rings. The Balaban J connectivity index is 2.56. The summed E-state index contributed by atoms with van der Waals surface area (Å²) in [5.74, 6) is -1.47. The number of methoxy groups -OCH3 is 1. The predicted octanol–water partition coefficient (Wildman–Crippen LogP) is 0.0588. The van der Waals surface area contributed by atoms with Crippen molar-refractivity contribution in [1.82, 2.24) is 14.7 Å². The van der Waals surface area contributed by atoms with E-state index in [4.69, 9.17) is 0 Å². The van der Waals surface area contributed by atoms with Crippen molar-refractivity contribution in [3.63, 3.8) is 0 Å². The highest BCUT2D eigenvalue weighted by Gasteiger charge is 2.20. The molecule has 1 unspecified atom stereocenters. The number of nitrogens with zero attached hydrogens (tertiary/aromatic N) is 4. The maximum absolute atomic E-state index is 11.9. The number of hydrogen-bond acceptors (Lipinski definition) is 6. The van der Waals surface area contributed by atoms with Crippen LogP contribution < -0.4 is 0 Å². The Hall–Kier alpha value is -2.45. The molecule has 0 bridgehead atoms. The minimum Gasteiger partial charge on any atom is -0.469 e. The van der Waals surface area contributed by atoms with Crippen LogP contribution >= 0.6 is 0 Å². The van der Waals surface area contributed by atoms with Gasteiger partial charge in [0.1, 0.15) is 6.54 Å². The van der Waals surface area contributed by atoms with Crippen LogP contribution in [0.3, 0.4) is 0 Å². The van der Waals surface area contributed by atoms with Gasteiger partial charge in [-0.2, -0.15) is 4.68 Å². The van der Waals surface area contributed by atoms with Crippen LogP contribution in [0.15, 0.2) is 12.3 Å². The third-order valence-electron chi connectivity index (χ3n) is 2.69. The fourth-order valence-electron chi connectivity index (χ4n) is 1.58. The van der Waals surface area contributed by atoms with Crippen LogP contribution in [0, 0.1) is 16.0 Å². The van der Waals surface area contributed by atoms with Crippen molar-refractivity contribution in [3.05, 3.63) is 22.4 Å². The number of ether oxygens (including phenoxy) is 1. The summed E-state index contributed by atoms with van der Waals surface area (Å²) < 4.78 is 5.75. The Kier molecular flexibility index (Phi) is 5.18. The molecule has 0 fully saturated rings. The van der Waals surface area contributed by atoms with E-state index in [1.54, 1.807) is 14.0 Å². The lowest BCUT2D eigenvalue weighted by molar-refractivity contribution is -0.389. The molecule has 0 spiro atoms. The Morgan fingerprint density at radius 2 is 2.25 bits per heavy atom. The average molecular weight is 284 g/mol. The van der Waals surface area contributed by atoms with E-state index in [9.17, 15) is 19.7 Å². The van der Waals surface area contributed by atoms with Crippen molar-refractivity contribution in [1.29, 1.82) is 0 Å². The molecule has 0 aliphatic carbocycles. The molecular weight excluding hydrogens is 268 g/mol. The van der Waals surface area contributed by atoms with Crippen LogP contribution in [0.2, 0.25) is 0 Å². The van der Waals surface area contributed by atoms with Crippen LogP contribution in [0.4, 0.5) is 5.82 Å². The van der Waals surface area contributed by atoms with Crippen molar-refractivity contribution >= 4 is 17.7 Å². The highest BCUT2D eigenvalue weighted by atomic mass is 16.6. The third-order valence-corrected chi connectivity index (χ3v) is 2.69. The molecule has 1 atom stereocenters. The standard InChI is InChI=1S/C11H16N4O5/c1-8(11(17)20-3)6-13(2)10(16)7-14-5-4-9(12-14)15(18)19/h4-5,8H,6-7H2,1-3H3. The number of amides is 1. The van der Waals surface area contributed by atoms with Gasteiger partial charge in [0, 0.05) is 13.6 Å². The number of hydrogen-bond donors (Lipinski definition) is 0. The minimum atomic E-state index is -0.635. The molecule has 20 heavy (non-hydrogen) atoms. The third kappa shape index (κ3) is 4.04. The highest BCUT2D eigenvalue weighted by molar-refractivity contribution is 5.77. The smallest absolute Gasteiger partial charge is 0.389 e. The molecule has 9 heteroatoms. The van der Waals surface area contributed by atoms with Crippen LogP contribution in [-0.2, 0) is 20.9 Å². The molecule has 9 nitrogen and oxygen atoms in total. The Labute approximate surface area is 115 Å². The van der Waals surface area contributed by atoms with Gasteiger partial charge in [-0.05, 0) is 4.92 Å². The van der Waals surface area contributed by atoms with Gasteiger partial charge >= 0.3 is 11.8 Å². The van der Waals surface area contributed by atoms with E-state index >= 15 is 0 Å². The summed E-state index contributed by atoms with van der Waals surface area (Å²) >= 11 is 0. The summed E-state index contributed by atoms with van der Waals surface area (Å²) in [5.41, 5.74) is 0. The monoisotopic (exact) mass is 284 g/mol. The molecule has 110 valence electrons. The minimum absolute atomic E-state index is 0.127. The van der Waals surface area contributed by atoms with Crippen molar-refractivity contribution in [2.45, 2.75) is 13.5 Å². The zero-order chi connectivity index (χ0) is 15.3. The molecule has 0 radical (unpaired) electrons. The van der Waals surface area contributed by atoms with Gasteiger partial charge in [-0.3, -0.25) is 9.59 Å². The zero-order valence-electron chi connectivity index (χ0n) is 11.5. The fraction of sp³-hybridized carbons (Fsp3) is 0.545. The van der Waals surface area contributed by atoms with E-state index in [-0.39, 0.29) is 24.8 Å². The van der Waals surface area contributed by atoms with Gasteiger partial charge in [-0.15, -0.1) is 0 Å². The molecule has 1 amide bonds. The van der Waals surface area contributed by atoms with Gasteiger partial charge in [0.2, 0.25) is 5.91 Å². The van der Waals surface area contributed by atoms with E-state index < -0.39 is 16.8 Å². The van der Waals surface area contributed by atoms with Gasteiger partial charge in [0.25, 0.3) is 0 Å². The molecule has 1 rings (SSSR count). The highest BCUT2D eigenvalue weighted by Crippen LogP contribution is 2.06. The lowest BCUT2D eigenvalue weighted by Crippen LogP contribution is -2.36. The molecule has 0 saturated heterocycles. The second kappa shape index (κ2) is 6.64. The first kappa shape index (κ1) is 15.6. The van der Waals surface area contributed by atoms with Crippen LogP contribution in [0.5, 0.6) is 0 Å². The van der Waals surface area contributed by atoms with E-state index in [1.165, 1.54) is 29.0 Å². The number of nitro groups is 1. The largest absolute Gasteiger partial charge is 0.469 e. The average Bonchev–Trinajstić information content (AvgIpc) is 2.86. The Morgan fingerprint density at radius 3 is 2.75 bits per heavy atom. The second-order valence-electron chi connectivity index (χ2n) is 4.33. The maximum atomic E-state index is 11.9. The van der Waals surface area contributed by atoms with Gasteiger partial charge in [-0.25, -0.2) is 0 Å². The predicted molar refractivity (Wildman–Crippen MR) is 67.7 cm³/mol. The fourth-order valence-corrected chi connectivity index (χ4v) is 1.58. The molecule has 0 saturated carbocycles. The molecule has 1 heterocycles. The van der Waals surface area contributed by atoms with E-state index in [1.807, 2.05) is 0 Å². The van der Waals surface area contributed by atoms with Crippen molar-refractivity contribution < 1.29 is 19.2 Å². The van der Waals surface area contributed by atoms with Crippen LogP contribution in [0.25, 0.3) is 0 Å². The number of aromatic nitrogens is 2. The van der Waals surface area contributed by atoms with Crippen molar-refractivity contribution in [3.8, 4) is 0 Å². The van der Waals surface area contributed by atoms with E-state index in [2.05, 4.69) is 9.84 Å². The normalized spacial score (nSPS) is 11.8. The summed E-state index contributed by atoms with van der Waals surface area (Å²) in [5, 5.41) is 14.1. The number of carbonyl (C=O) groups is 2. The Morgan fingerprint density at radius 1 is 1.60 bits per heavy atom. The lowest BCUT2D eigenvalue weighted by atomic mass is 10.2. The molecule has 0 aliphatic rings. The van der Waals surface area contributed by atoms with E-state index in [0.717, 1.165) is 0 Å². The van der Waals surface area contributed by atoms with Crippen LogP contribution in [0.1, 0.15) is 6.92 Å². The molecular formula is C11H16N4O5. The zero-order valence-corrected chi connectivity index (χ0v) is 11.5. The molecule has 0 aliphatic heterocycles. The van der Waals surface area contributed by atoms with Gasteiger partial charge < -0.3 is 19.8 Å². The van der Waals surface area contributed by atoms with Gasteiger partial charge in [-0.1, -0.05) is 6.92 Å². The van der Waals surface area contributed by atoms with Gasteiger partial charge in [0.05, 0.1) is 30.4 Å². The molecule has 0 aromatic carbocycles. The van der Waals surface area contributed by atoms with Crippen molar-refractivity contribution in [2.24, 2.45) is 5.92 Å². The number of esters is 1. The maximum Gasteiger partial charge on any atom is 0.389 e. The quantitative estimate of drug-likeness (QED) is 0.415. The number of rotatable bonds is 6. The SMILES string of the molecule is COC(=O)C(C)CN(C)C(=O)Cn1ccc([N+](=O)[O-])n1. The summed E-state index contributed by atoms with van der Waals surface area (Å²) in [6.07, 6.45) is 1.35. The number of likely N-dealkylation sites (N-methyl/N-ethyl adjacent to an activating group) is 1. The van der Waals surface area contributed by atoms with Crippen molar-refractivity contribution in [2.75, 3.05) is 20.7 Å². The number of carbonyl (C=O) groups excluding carboxylic acids is 2. The molecule has 0 N–H and O–H groups in total. The van der Waals surface area contributed by atoms with E-state index in [0.29, 0.717) is 0 Å². The first-order chi connectivity index (χ1) is 9.35. The van der Waals surface area contributed by atoms with Crippen LogP contribution in [-0.4, -0.2) is 52.2 Å². The Bertz CT molecular complexity index is 513.